The number of urea groups is 1. The average molecular weight is 593 g/mol. The molecule has 3 aromatic carbocycles. The van der Waals surface area contributed by atoms with E-state index < -0.39 is 0 Å². The van der Waals surface area contributed by atoms with E-state index in [1.165, 1.54) is 11.8 Å². The number of amides is 2. The minimum atomic E-state index is -0.371. The number of hydrogen-bond donors (Lipinski definition) is 2. The number of ether oxygens (including phenoxy) is 1. The first kappa shape index (κ1) is 25.4. The summed E-state index contributed by atoms with van der Waals surface area (Å²) in [6, 6.07) is 19.9. The zero-order valence-electron chi connectivity index (χ0n) is 18.5. The minimum absolute atomic E-state index is 0.123. The molecule has 0 spiro atoms. The zero-order valence-corrected chi connectivity index (χ0v) is 22.4. The smallest absolute Gasteiger partial charge is 0.319 e. The Labute approximate surface area is 225 Å². The number of halogens is 3. The normalized spacial score (nSPS) is 10.7. The molecule has 2 N–H and O–H groups in total. The van der Waals surface area contributed by atoms with Crippen molar-refractivity contribution in [1.29, 1.82) is 0 Å². The first-order valence-electron chi connectivity index (χ1n) is 10.4. The maximum absolute atomic E-state index is 12.5. The Morgan fingerprint density at radius 3 is 2.66 bits per heavy atom. The fourth-order valence-electron chi connectivity index (χ4n) is 3.19. The summed E-state index contributed by atoms with van der Waals surface area (Å²) in [4.78, 5) is 12.5. The summed E-state index contributed by atoms with van der Waals surface area (Å²) < 4.78 is 8.04. The van der Waals surface area contributed by atoms with Crippen molar-refractivity contribution in [2.24, 2.45) is 0 Å². The van der Waals surface area contributed by atoms with Crippen LogP contribution in [0.15, 0.2) is 76.4 Å². The molecule has 0 fully saturated rings. The highest BCUT2D eigenvalue weighted by Crippen LogP contribution is 2.31. The number of methoxy groups -OCH3 is 1. The number of aromatic nitrogens is 3. The van der Waals surface area contributed by atoms with E-state index in [1.807, 2.05) is 36.4 Å². The second-order valence-corrected chi connectivity index (χ2v) is 9.99. The molecule has 0 aliphatic heterocycles. The van der Waals surface area contributed by atoms with Gasteiger partial charge in [0.2, 0.25) is 0 Å². The number of carbonyl (C=O) groups is 1. The number of carbonyl (C=O) groups excluding carboxylic acids is 1. The van der Waals surface area contributed by atoms with Gasteiger partial charge in [-0.25, -0.2) is 4.79 Å². The Morgan fingerprint density at radius 1 is 1.09 bits per heavy atom. The van der Waals surface area contributed by atoms with E-state index in [0.29, 0.717) is 38.2 Å². The minimum Gasteiger partial charge on any atom is -0.497 e. The maximum atomic E-state index is 12.5. The summed E-state index contributed by atoms with van der Waals surface area (Å²) in [6.07, 6.45) is 0. The first-order valence-corrected chi connectivity index (χ1v) is 12.9. The summed E-state index contributed by atoms with van der Waals surface area (Å²) in [5, 5.41) is 15.9. The third-order valence-corrected chi connectivity index (χ3v) is 6.94. The molecule has 0 saturated carbocycles. The van der Waals surface area contributed by atoms with Gasteiger partial charge in [0, 0.05) is 20.9 Å². The predicted molar refractivity (Wildman–Crippen MR) is 144 cm³/mol. The van der Waals surface area contributed by atoms with E-state index in [9.17, 15) is 4.79 Å². The van der Waals surface area contributed by atoms with Crippen molar-refractivity contribution in [2.75, 3.05) is 12.4 Å². The first-order chi connectivity index (χ1) is 16.9. The maximum Gasteiger partial charge on any atom is 0.319 e. The molecule has 1 aromatic heterocycles. The zero-order chi connectivity index (χ0) is 24.8. The van der Waals surface area contributed by atoms with Gasteiger partial charge in [0.1, 0.15) is 5.75 Å². The second kappa shape index (κ2) is 11.8. The number of anilines is 1. The van der Waals surface area contributed by atoms with Crippen LogP contribution < -0.4 is 15.4 Å². The molecule has 1 heterocycles. The van der Waals surface area contributed by atoms with Crippen molar-refractivity contribution in [3.8, 4) is 11.4 Å². The van der Waals surface area contributed by atoms with Gasteiger partial charge in [0.25, 0.3) is 0 Å². The molecule has 0 aliphatic carbocycles. The number of thioether (sulfide) groups is 1. The highest BCUT2D eigenvalue weighted by Gasteiger charge is 2.18. The van der Waals surface area contributed by atoms with Crippen LogP contribution in [0, 0.1) is 0 Å². The fourth-order valence-corrected chi connectivity index (χ4v) is 4.72. The molecule has 0 saturated heterocycles. The molecule has 180 valence electrons. The standard InChI is InChI=1S/C24H20BrCl2N5O2S/c1-34-19-4-2-3-15(11-19)14-35-24-31-30-22(32(24)21-12-17(26)7-10-20(21)27)13-28-23(33)29-18-8-5-16(25)6-9-18/h2-12H,13-14H2,1H3,(H2,28,29,33). The largest absolute Gasteiger partial charge is 0.497 e. The molecule has 0 bridgehead atoms. The summed E-state index contributed by atoms with van der Waals surface area (Å²) in [5.74, 6) is 1.92. The van der Waals surface area contributed by atoms with Gasteiger partial charge in [0.15, 0.2) is 11.0 Å². The van der Waals surface area contributed by atoms with E-state index in [4.69, 9.17) is 27.9 Å². The SMILES string of the molecule is COc1cccc(CSc2nnc(CNC(=O)Nc3ccc(Br)cc3)n2-c2cc(Cl)ccc2Cl)c1. The summed E-state index contributed by atoms with van der Waals surface area (Å²) in [6.45, 7) is 0.123. The lowest BCUT2D eigenvalue weighted by Gasteiger charge is -2.13. The van der Waals surface area contributed by atoms with E-state index in [2.05, 4.69) is 36.8 Å². The molecule has 0 radical (unpaired) electrons. The van der Waals surface area contributed by atoms with Gasteiger partial charge in [0.05, 0.1) is 24.4 Å². The van der Waals surface area contributed by atoms with Crippen molar-refractivity contribution in [2.45, 2.75) is 17.5 Å². The summed E-state index contributed by atoms with van der Waals surface area (Å²) in [5.41, 5.74) is 2.36. The van der Waals surface area contributed by atoms with Gasteiger partial charge < -0.3 is 15.4 Å². The average Bonchev–Trinajstić information content (AvgIpc) is 3.27. The van der Waals surface area contributed by atoms with Crippen molar-refractivity contribution in [1.82, 2.24) is 20.1 Å². The van der Waals surface area contributed by atoms with Gasteiger partial charge in [-0.1, -0.05) is 63.0 Å². The van der Waals surface area contributed by atoms with Gasteiger partial charge in [-0.05, 0) is 60.2 Å². The lowest BCUT2D eigenvalue weighted by Crippen LogP contribution is -2.29. The van der Waals surface area contributed by atoms with Gasteiger partial charge in [-0.2, -0.15) is 0 Å². The van der Waals surface area contributed by atoms with E-state index in [1.54, 1.807) is 42.0 Å². The van der Waals surface area contributed by atoms with Crippen molar-refractivity contribution < 1.29 is 9.53 Å². The second-order valence-electron chi connectivity index (χ2n) is 7.28. The summed E-state index contributed by atoms with van der Waals surface area (Å²) >= 11 is 17.6. The van der Waals surface area contributed by atoms with Crippen LogP contribution in [0.5, 0.6) is 5.75 Å². The molecular weight excluding hydrogens is 573 g/mol. The number of nitrogens with zero attached hydrogens (tertiary/aromatic N) is 3. The van der Waals surface area contributed by atoms with Crippen LogP contribution in [-0.4, -0.2) is 27.9 Å². The molecule has 11 heteroatoms. The molecular formula is C24H20BrCl2N5O2S. The Balaban J connectivity index is 1.55. The summed E-state index contributed by atoms with van der Waals surface area (Å²) in [7, 11) is 1.64. The van der Waals surface area contributed by atoms with Crippen molar-refractivity contribution in [3.63, 3.8) is 0 Å². The van der Waals surface area contributed by atoms with Crippen LogP contribution in [0.2, 0.25) is 10.0 Å². The quantitative estimate of drug-likeness (QED) is 0.216. The van der Waals surface area contributed by atoms with Crippen LogP contribution >= 0.6 is 50.9 Å². The molecule has 35 heavy (non-hydrogen) atoms. The predicted octanol–water partition coefficient (Wildman–Crippen LogP) is 6.96. The number of nitrogens with one attached hydrogen (secondary N) is 2. The molecule has 4 aromatic rings. The molecule has 2 amide bonds. The highest BCUT2D eigenvalue weighted by atomic mass is 79.9. The Bertz CT molecular complexity index is 1330. The van der Waals surface area contributed by atoms with Gasteiger partial charge in [-0.3, -0.25) is 4.57 Å². The Kier molecular flexibility index (Phi) is 8.56. The van der Waals surface area contributed by atoms with Crippen molar-refractivity contribution in [3.05, 3.63) is 92.6 Å². The number of hydrogen-bond acceptors (Lipinski definition) is 5. The van der Waals surface area contributed by atoms with Crippen LogP contribution in [0.1, 0.15) is 11.4 Å². The van der Waals surface area contributed by atoms with Crippen LogP contribution in [0.4, 0.5) is 10.5 Å². The molecule has 7 nitrogen and oxygen atoms in total. The van der Waals surface area contributed by atoms with Crippen LogP contribution in [0.25, 0.3) is 5.69 Å². The fraction of sp³-hybridized carbons (Fsp3) is 0.125. The molecule has 4 rings (SSSR count). The van der Waals surface area contributed by atoms with Gasteiger partial charge in [-0.15, -0.1) is 10.2 Å². The van der Waals surface area contributed by atoms with Gasteiger partial charge >= 0.3 is 6.03 Å². The Morgan fingerprint density at radius 2 is 1.89 bits per heavy atom. The van der Waals surface area contributed by atoms with Crippen molar-refractivity contribution >= 4 is 62.6 Å². The molecule has 0 atom stereocenters. The lowest BCUT2D eigenvalue weighted by atomic mass is 10.2. The number of rotatable bonds is 8. The molecule has 0 aliphatic rings. The van der Waals surface area contributed by atoms with Crippen LogP contribution in [0.3, 0.4) is 0 Å². The lowest BCUT2D eigenvalue weighted by molar-refractivity contribution is 0.251. The monoisotopic (exact) mass is 591 g/mol. The van der Waals surface area contributed by atoms with E-state index >= 15 is 0 Å². The van der Waals surface area contributed by atoms with Crippen LogP contribution in [-0.2, 0) is 12.3 Å². The number of benzene rings is 3. The third-order valence-electron chi connectivity index (χ3n) is 4.86. The Hall–Kier alpha value is -2.72. The highest BCUT2D eigenvalue weighted by molar-refractivity contribution is 9.10. The van der Waals surface area contributed by atoms with E-state index in [-0.39, 0.29) is 12.6 Å². The third kappa shape index (κ3) is 6.70. The molecule has 0 unspecified atom stereocenters. The van der Waals surface area contributed by atoms with E-state index in [0.717, 1.165) is 15.8 Å². The topological polar surface area (TPSA) is 81.1 Å².